The van der Waals surface area contributed by atoms with E-state index in [1.807, 2.05) is 11.4 Å². The zero-order chi connectivity index (χ0) is 16.9. The summed E-state index contributed by atoms with van der Waals surface area (Å²) in [6, 6.07) is 8.97. The van der Waals surface area contributed by atoms with E-state index in [1.165, 1.54) is 11.3 Å². The van der Waals surface area contributed by atoms with Crippen molar-refractivity contribution in [1.82, 2.24) is 10.6 Å². The minimum absolute atomic E-state index is 0.104. The Hall–Kier alpha value is -2.18. The second kappa shape index (κ2) is 7.59. The second-order valence-corrected chi connectivity index (χ2v) is 6.84. The van der Waals surface area contributed by atoms with Gasteiger partial charge in [0.2, 0.25) is 0 Å². The van der Waals surface area contributed by atoms with Crippen LogP contribution in [0, 0.1) is 5.92 Å². The average molecular weight is 343 g/mol. The number of nitrogens with one attached hydrogen (secondary N) is 3. The molecular weight excluding hydrogens is 322 g/mol. The molecule has 3 N–H and O–H groups in total. The summed E-state index contributed by atoms with van der Waals surface area (Å²) in [6.07, 6.45) is 1.04. The highest BCUT2D eigenvalue weighted by Crippen LogP contribution is 2.19. The largest absolute Gasteiger partial charge is 0.348 e. The first-order valence-corrected chi connectivity index (χ1v) is 9.03. The van der Waals surface area contributed by atoms with Crippen LogP contribution >= 0.6 is 11.3 Å². The molecule has 0 spiro atoms. The second-order valence-electron chi connectivity index (χ2n) is 6.06. The molecule has 1 aromatic heterocycles. The number of benzene rings is 1. The summed E-state index contributed by atoms with van der Waals surface area (Å²) in [7, 11) is 0. The predicted molar refractivity (Wildman–Crippen MR) is 96.6 cm³/mol. The van der Waals surface area contributed by atoms with Crippen molar-refractivity contribution >= 4 is 28.8 Å². The molecule has 3 rings (SSSR count). The molecule has 1 saturated heterocycles. The van der Waals surface area contributed by atoms with Gasteiger partial charge in [0.25, 0.3) is 11.8 Å². The zero-order valence-electron chi connectivity index (χ0n) is 13.5. The summed E-state index contributed by atoms with van der Waals surface area (Å²) in [4.78, 5) is 24.9. The van der Waals surface area contributed by atoms with Crippen LogP contribution in [0.25, 0.3) is 0 Å². The molecule has 0 radical (unpaired) electrons. The van der Waals surface area contributed by atoms with Gasteiger partial charge in [-0.2, -0.15) is 11.3 Å². The van der Waals surface area contributed by atoms with Gasteiger partial charge in [-0.1, -0.05) is 19.1 Å². The van der Waals surface area contributed by atoms with Crippen LogP contribution in [0.2, 0.25) is 0 Å². The Kier molecular flexibility index (Phi) is 5.27. The van der Waals surface area contributed by atoms with Gasteiger partial charge >= 0.3 is 0 Å². The number of carbonyl (C=O) groups is 2. The first kappa shape index (κ1) is 16.7. The lowest BCUT2D eigenvalue weighted by Gasteiger charge is -2.30. The summed E-state index contributed by atoms with van der Waals surface area (Å²) in [5.74, 6) is 0.0729. The van der Waals surface area contributed by atoms with E-state index in [4.69, 9.17) is 0 Å². The van der Waals surface area contributed by atoms with E-state index in [0.717, 1.165) is 19.5 Å². The van der Waals surface area contributed by atoms with E-state index in [0.29, 0.717) is 22.7 Å². The molecule has 126 valence electrons. The van der Waals surface area contributed by atoms with Crippen LogP contribution in [-0.4, -0.2) is 30.9 Å². The van der Waals surface area contributed by atoms with Crippen LogP contribution in [0.15, 0.2) is 41.1 Å². The lowest BCUT2D eigenvalue weighted by atomic mass is 9.94. The van der Waals surface area contributed by atoms with Gasteiger partial charge in [0.05, 0.1) is 16.8 Å². The number of amides is 2. The molecule has 0 saturated carbocycles. The lowest BCUT2D eigenvalue weighted by molar-refractivity contribution is 0.0916. The highest BCUT2D eigenvalue weighted by molar-refractivity contribution is 7.08. The third-order valence-electron chi connectivity index (χ3n) is 4.35. The fourth-order valence-corrected chi connectivity index (χ4v) is 3.44. The Morgan fingerprint density at radius 3 is 2.79 bits per heavy atom. The van der Waals surface area contributed by atoms with Crippen LogP contribution in [0.3, 0.4) is 0 Å². The van der Waals surface area contributed by atoms with E-state index in [-0.39, 0.29) is 17.9 Å². The van der Waals surface area contributed by atoms with E-state index < -0.39 is 0 Å². The number of hydrogen-bond donors (Lipinski definition) is 3. The molecule has 2 aromatic rings. The fourth-order valence-electron chi connectivity index (χ4n) is 2.81. The van der Waals surface area contributed by atoms with Crippen molar-refractivity contribution in [2.24, 2.45) is 5.92 Å². The van der Waals surface area contributed by atoms with Gasteiger partial charge in [0.15, 0.2) is 0 Å². The maximum Gasteiger partial charge on any atom is 0.256 e. The van der Waals surface area contributed by atoms with E-state index in [9.17, 15) is 9.59 Å². The zero-order valence-corrected chi connectivity index (χ0v) is 14.4. The maximum absolute atomic E-state index is 12.7. The van der Waals surface area contributed by atoms with Crippen molar-refractivity contribution in [1.29, 1.82) is 0 Å². The average Bonchev–Trinajstić information content (AvgIpc) is 3.12. The number of thiophene rings is 1. The van der Waals surface area contributed by atoms with Gasteiger partial charge in [0, 0.05) is 18.0 Å². The highest BCUT2D eigenvalue weighted by Gasteiger charge is 2.24. The summed E-state index contributed by atoms with van der Waals surface area (Å²) in [6.45, 7) is 3.91. The quantitative estimate of drug-likeness (QED) is 0.799. The standard InChI is InChI=1S/C18H21N3O2S/c1-12-6-8-19-10-16(12)21-18(23)14-4-2-3-5-15(14)20-17(22)13-7-9-24-11-13/h2-5,7,9,11-12,16,19H,6,8,10H2,1H3,(H,20,22)(H,21,23). The molecule has 2 amide bonds. The number of piperidine rings is 1. The van der Waals surface area contributed by atoms with Crippen LogP contribution in [0.1, 0.15) is 34.1 Å². The number of anilines is 1. The van der Waals surface area contributed by atoms with Gasteiger partial charge in [0.1, 0.15) is 0 Å². The fraction of sp³-hybridized carbons (Fsp3) is 0.333. The van der Waals surface area contributed by atoms with Gasteiger partial charge in [-0.05, 0) is 42.5 Å². The first-order chi connectivity index (χ1) is 11.6. The molecule has 5 nitrogen and oxygen atoms in total. The lowest BCUT2D eigenvalue weighted by Crippen LogP contribution is -2.50. The molecule has 0 aliphatic carbocycles. The Labute approximate surface area is 145 Å². The third-order valence-corrected chi connectivity index (χ3v) is 5.03. The molecule has 24 heavy (non-hydrogen) atoms. The molecule has 2 atom stereocenters. The summed E-state index contributed by atoms with van der Waals surface area (Å²) in [5, 5.41) is 12.9. The molecule has 1 fully saturated rings. The molecule has 1 aromatic carbocycles. The summed E-state index contributed by atoms with van der Waals surface area (Å²) >= 11 is 1.47. The molecule has 2 heterocycles. The van der Waals surface area contributed by atoms with Gasteiger partial charge in [-0.25, -0.2) is 0 Å². The van der Waals surface area contributed by atoms with Crippen molar-refractivity contribution in [3.63, 3.8) is 0 Å². The highest BCUT2D eigenvalue weighted by atomic mass is 32.1. The Morgan fingerprint density at radius 1 is 1.21 bits per heavy atom. The van der Waals surface area contributed by atoms with Crippen LogP contribution in [0.4, 0.5) is 5.69 Å². The van der Waals surface area contributed by atoms with Crippen molar-refractivity contribution in [2.75, 3.05) is 18.4 Å². The van der Waals surface area contributed by atoms with E-state index >= 15 is 0 Å². The Bertz CT molecular complexity index is 715. The summed E-state index contributed by atoms with van der Waals surface area (Å²) < 4.78 is 0. The Morgan fingerprint density at radius 2 is 2.04 bits per heavy atom. The molecule has 1 aliphatic rings. The van der Waals surface area contributed by atoms with Crippen LogP contribution < -0.4 is 16.0 Å². The van der Waals surface area contributed by atoms with Gasteiger partial charge < -0.3 is 16.0 Å². The van der Waals surface area contributed by atoms with Gasteiger partial charge in [-0.3, -0.25) is 9.59 Å². The number of hydrogen-bond acceptors (Lipinski definition) is 4. The van der Waals surface area contributed by atoms with Crippen molar-refractivity contribution in [2.45, 2.75) is 19.4 Å². The van der Waals surface area contributed by atoms with E-state index in [2.05, 4.69) is 22.9 Å². The SMILES string of the molecule is CC1CCNCC1NC(=O)c1ccccc1NC(=O)c1ccsc1. The van der Waals surface area contributed by atoms with Crippen LogP contribution in [-0.2, 0) is 0 Å². The third kappa shape index (κ3) is 3.83. The monoisotopic (exact) mass is 343 g/mol. The minimum Gasteiger partial charge on any atom is -0.348 e. The predicted octanol–water partition coefficient (Wildman–Crippen LogP) is 2.73. The first-order valence-electron chi connectivity index (χ1n) is 8.09. The molecule has 2 unspecified atom stereocenters. The maximum atomic E-state index is 12.7. The molecule has 6 heteroatoms. The number of carbonyl (C=O) groups excluding carboxylic acids is 2. The molecule has 0 bridgehead atoms. The van der Waals surface area contributed by atoms with E-state index in [1.54, 1.807) is 29.6 Å². The summed E-state index contributed by atoms with van der Waals surface area (Å²) in [5.41, 5.74) is 1.61. The molecule has 1 aliphatic heterocycles. The Balaban J connectivity index is 1.73. The van der Waals surface area contributed by atoms with Crippen LogP contribution in [0.5, 0.6) is 0 Å². The van der Waals surface area contributed by atoms with Crippen molar-refractivity contribution in [3.8, 4) is 0 Å². The smallest absolute Gasteiger partial charge is 0.256 e. The number of para-hydroxylation sites is 1. The van der Waals surface area contributed by atoms with Crippen molar-refractivity contribution < 1.29 is 9.59 Å². The van der Waals surface area contributed by atoms with Crippen molar-refractivity contribution in [3.05, 3.63) is 52.2 Å². The van der Waals surface area contributed by atoms with Gasteiger partial charge in [-0.15, -0.1) is 0 Å². The normalized spacial score (nSPS) is 20.4. The minimum atomic E-state index is -0.204. The molecular formula is C18H21N3O2S. The number of rotatable bonds is 4. The topological polar surface area (TPSA) is 70.2 Å².